The van der Waals surface area contributed by atoms with Gasteiger partial charge in [-0.15, -0.1) is 13.2 Å². The molecule has 0 N–H and O–H groups in total. The van der Waals surface area contributed by atoms with Crippen molar-refractivity contribution in [3.05, 3.63) is 25.3 Å². The first-order valence-corrected chi connectivity index (χ1v) is 17.4. The molecular formula is C22H45NSi2. The minimum atomic E-state index is -1.09. The van der Waals surface area contributed by atoms with Crippen LogP contribution in [0.15, 0.2) is 30.3 Å². The highest BCUT2D eigenvalue weighted by molar-refractivity contribution is 6.79. The molecule has 0 saturated carbocycles. The molecule has 0 unspecified atom stereocenters. The lowest BCUT2D eigenvalue weighted by molar-refractivity contribution is 0.577. The standard InChI is InChI=1S/C22H45NSi2/c1-7-19-24(3,4)21-16-14-12-10-9-11-13-15-17-23-18-22-25(5,6)20-8-2/h7-8,18H,1-2,9-17,19-22H2,3-6H3. The van der Waals surface area contributed by atoms with E-state index in [1.165, 1.54) is 75.5 Å². The van der Waals surface area contributed by atoms with Crippen LogP contribution in [0.2, 0.25) is 50.4 Å². The summed E-state index contributed by atoms with van der Waals surface area (Å²) in [6.45, 7) is 18.6. The fourth-order valence-corrected chi connectivity index (χ4v) is 7.00. The Kier molecular flexibility index (Phi) is 14.5. The van der Waals surface area contributed by atoms with Crippen molar-refractivity contribution in [2.75, 3.05) is 6.54 Å². The number of hydrogen-bond acceptors (Lipinski definition) is 1. The quantitative estimate of drug-likeness (QED) is 0.105. The minimum Gasteiger partial charge on any atom is -0.298 e. The summed E-state index contributed by atoms with van der Waals surface area (Å²) in [6, 6.07) is 5.16. The molecular weight excluding hydrogens is 334 g/mol. The molecule has 0 aliphatic rings. The van der Waals surface area contributed by atoms with Gasteiger partial charge in [-0.2, -0.15) is 0 Å². The van der Waals surface area contributed by atoms with E-state index in [0.29, 0.717) is 0 Å². The molecule has 146 valence electrons. The maximum atomic E-state index is 4.61. The highest BCUT2D eigenvalue weighted by Crippen LogP contribution is 2.20. The molecule has 0 spiro atoms. The smallest absolute Gasteiger partial charge is 0.0565 e. The van der Waals surface area contributed by atoms with Crippen molar-refractivity contribution in [2.24, 2.45) is 4.99 Å². The summed E-state index contributed by atoms with van der Waals surface area (Å²) >= 11 is 0. The Morgan fingerprint density at radius 3 is 1.68 bits per heavy atom. The third kappa shape index (κ3) is 16.8. The summed E-state index contributed by atoms with van der Waals surface area (Å²) in [5.74, 6) is 0. The Hall–Kier alpha value is -0.416. The van der Waals surface area contributed by atoms with Crippen molar-refractivity contribution in [3.63, 3.8) is 0 Å². The fraction of sp³-hybridized carbons (Fsp3) is 0.773. The van der Waals surface area contributed by atoms with Gasteiger partial charge in [0, 0.05) is 6.54 Å². The number of rotatable bonds is 17. The van der Waals surface area contributed by atoms with Crippen LogP contribution in [0.5, 0.6) is 0 Å². The highest BCUT2D eigenvalue weighted by Gasteiger charge is 2.17. The molecule has 25 heavy (non-hydrogen) atoms. The predicted molar refractivity (Wildman–Crippen MR) is 125 cm³/mol. The van der Waals surface area contributed by atoms with Crippen molar-refractivity contribution in [3.8, 4) is 0 Å². The van der Waals surface area contributed by atoms with E-state index in [9.17, 15) is 0 Å². The second kappa shape index (κ2) is 14.7. The number of nitrogens with zero attached hydrogens (tertiary/aromatic N) is 1. The van der Waals surface area contributed by atoms with Crippen LogP contribution in [0.3, 0.4) is 0 Å². The maximum Gasteiger partial charge on any atom is 0.0565 e. The number of aliphatic imine (C=N–C) groups is 1. The lowest BCUT2D eigenvalue weighted by atomic mass is 10.1. The third-order valence-corrected chi connectivity index (χ3v) is 10.8. The van der Waals surface area contributed by atoms with E-state index in [-0.39, 0.29) is 0 Å². The van der Waals surface area contributed by atoms with Gasteiger partial charge in [-0.05, 0) is 30.8 Å². The molecule has 0 bridgehead atoms. The average molecular weight is 380 g/mol. The van der Waals surface area contributed by atoms with E-state index >= 15 is 0 Å². The first-order chi connectivity index (χ1) is 11.8. The molecule has 1 nitrogen and oxygen atoms in total. The predicted octanol–water partition coefficient (Wildman–Crippen LogP) is 7.97. The van der Waals surface area contributed by atoms with Crippen molar-refractivity contribution in [1.82, 2.24) is 0 Å². The van der Waals surface area contributed by atoms with Crippen molar-refractivity contribution in [1.29, 1.82) is 0 Å². The Morgan fingerprint density at radius 2 is 1.12 bits per heavy atom. The monoisotopic (exact) mass is 379 g/mol. The maximum absolute atomic E-state index is 4.61. The normalized spacial score (nSPS) is 12.6. The van der Waals surface area contributed by atoms with Gasteiger partial charge < -0.3 is 0 Å². The molecule has 3 heteroatoms. The van der Waals surface area contributed by atoms with Crippen LogP contribution >= 0.6 is 0 Å². The van der Waals surface area contributed by atoms with E-state index in [1.807, 2.05) is 0 Å². The van der Waals surface area contributed by atoms with E-state index in [1.54, 1.807) is 0 Å². The molecule has 0 aromatic heterocycles. The third-order valence-electron chi connectivity index (χ3n) is 5.06. The highest BCUT2D eigenvalue weighted by atomic mass is 28.3. The van der Waals surface area contributed by atoms with E-state index in [2.05, 4.69) is 62.7 Å². The van der Waals surface area contributed by atoms with Crippen molar-refractivity contribution < 1.29 is 0 Å². The first kappa shape index (κ1) is 24.6. The number of allylic oxidation sites excluding steroid dienone is 2. The van der Waals surface area contributed by atoms with Crippen LogP contribution in [-0.4, -0.2) is 28.9 Å². The molecule has 0 aliphatic heterocycles. The fourth-order valence-electron chi connectivity index (χ4n) is 3.24. The molecule has 0 saturated heterocycles. The minimum absolute atomic E-state index is 0.951. The van der Waals surface area contributed by atoms with E-state index < -0.39 is 16.1 Å². The number of unbranched alkanes of at least 4 members (excludes halogenated alkanes) is 7. The largest absolute Gasteiger partial charge is 0.298 e. The number of hydrogen-bond donors (Lipinski definition) is 0. The van der Waals surface area contributed by atoms with Gasteiger partial charge in [0.1, 0.15) is 0 Å². The first-order valence-electron chi connectivity index (χ1n) is 10.5. The van der Waals surface area contributed by atoms with Crippen LogP contribution in [0.25, 0.3) is 0 Å². The SMILES string of the molecule is C=CC[Si](C)(C)CC=NCCCCCCCCCC[Si](C)(C)CC=C. The molecule has 0 rings (SSSR count). The second-order valence-electron chi connectivity index (χ2n) is 9.19. The summed E-state index contributed by atoms with van der Waals surface area (Å²) in [4.78, 5) is 4.61. The molecule has 0 heterocycles. The Bertz CT molecular complexity index is 372. The topological polar surface area (TPSA) is 12.4 Å². The van der Waals surface area contributed by atoms with Gasteiger partial charge in [0.2, 0.25) is 0 Å². The lowest BCUT2D eigenvalue weighted by Crippen LogP contribution is -2.24. The lowest BCUT2D eigenvalue weighted by Gasteiger charge is -2.19. The Balaban J connectivity index is 3.39. The zero-order valence-electron chi connectivity index (χ0n) is 17.8. The van der Waals surface area contributed by atoms with Gasteiger partial charge in [-0.1, -0.05) is 89.3 Å². The van der Waals surface area contributed by atoms with Crippen LogP contribution in [-0.2, 0) is 0 Å². The van der Waals surface area contributed by atoms with Gasteiger partial charge >= 0.3 is 0 Å². The average Bonchev–Trinajstić information content (AvgIpc) is 2.51. The molecule has 0 aromatic carbocycles. The second-order valence-corrected chi connectivity index (χ2v) is 19.6. The Labute approximate surface area is 161 Å². The van der Waals surface area contributed by atoms with Gasteiger partial charge in [-0.3, -0.25) is 4.99 Å². The van der Waals surface area contributed by atoms with Crippen molar-refractivity contribution in [2.45, 2.75) is 102 Å². The summed E-state index contributed by atoms with van der Waals surface area (Å²) in [5, 5.41) is 0. The zero-order valence-corrected chi connectivity index (χ0v) is 19.8. The van der Waals surface area contributed by atoms with Gasteiger partial charge in [-0.25, -0.2) is 0 Å². The van der Waals surface area contributed by atoms with Gasteiger partial charge in [0.25, 0.3) is 0 Å². The zero-order chi connectivity index (χ0) is 19.0. The van der Waals surface area contributed by atoms with Gasteiger partial charge in [0.05, 0.1) is 16.1 Å². The van der Waals surface area contributed by atoms with Crippen LogP contribution in [0.4, 0.5) is 0 Å². The van der Waals surface area contributed by atoms with Crippen LogP contribution in [0.1, 0.15) is 51.4 Å². The summed E-state index contributed by atoms with van der Waals surface area (Å²) < 4.78 is 0. The summed E-state index contributed by atoms with van der Waals surface area (Å²) in [5.41, 5.74) is 0. The summed E-state index contributed by atoms with van der Waals surface area (Å²) in [7, 11) is -2.04. The van der Waals surface area contributed by atoms with Crippen molar-refractivity contribution >= 4 is 22.4 Å². The molecule has 0 fully saturated rings. The molecule has 0 amide bonds. The van der Waals surface area contributed by atoms with Crippen LogP contribution < -0.4 is 0 Å². The van der Waals surface area contributed by atoms with E-state index in [0.717, 1.165) is 6.54 Å². The molecule has 0 aliphatic carbocycles. The molecule has 0 aromatic rings. The molecule has 0 atom stereocenters. The summed E-state index contributed by atoms with van der Waals surface area (Å²) in [6.07, 6.45) is 17.5. The molecule has 0 radical (unpaired) electrons. The van der Waals surface area contributed by atoms with Crippen LogP contribution in [0, 0.1) is 0 Å². The Morgan fingerprint density at radius 1 is 0.640 bits per heavy atom. The van der Waals surface area contributed by atoms with E-state index in [4.69, 9.17) is 0 Å². The van der Waals surface area contributed by atoms with Gasteiger partial charge in [0.15, 0.2) is 0 Å².